The van der Waals surface area contributed by atoms with E-state index in [4.69, 9.17) is 4.74 Å². The fourth-order valence-corrected chi connectivity index (χ4v) is 1.96. The average Bonchev–Trinajstić information content (AvgIpc) is 2.51. The molecule has 0 bridgehead atoms. The number of nitro groups is 1. The molecule has 0 heterocycles. The lowest BCUT2D eigenvalue weighted by Crippen LogP contribution is -2.42. The molecular formula is C16H21N3O6. The normalized spacial score (nSPS) is 10.2. The van der Waals surface area contributed by atoms with Crippen LogP contribution in [0.3, 0.4) is 0 Å². The standard InChI is InChI=1S/C16H21N3O6/c1-10(2)7-8-17-16(22)18-13(20)9-25-15(21)12-6-4-5-11(3)14(12)19(23)24/h4-6,10H,7-9H2,1-3H3,(H2,17,18,20,22). The van der Waals surface area contributed by atoms with Crippen LogP contribution in [0.4, 0.5) is 10.5 Å². The van der Waals surface area contributed by atoms with Crippen LogP contribution < -0.4 is 10.6 Å². The van der Waals surface area contributed by atoms with Gasteiger partial charge in [0.2, 0.25) is 0 Å². The van der Waals surface area contributed by atoms with Crippen LogP contribution in [0.2, 0.25) is 0 Å². The lowest BCUT2D eigenvalue weighted by atomic mass is 10.1. The minimum Gasteiger partial charge on any atom is -0.452 e. The Kier molecular flexibility index (Phi) is 7.51. The van der Waals surface area contributed by atoms with Gasteiger partial charge in [-0.1, -0.05) is 26.0 Å². The van der Waals surface area contributed by atoms with Gasteiger partial charge in [-0.05, 0) is 25.3 Å². The Balaban J connectivity index is 2.54. The number of ether oxygens (including phenoxy) is 1. The zero-order valence-corrected chi connectivity index (χ0v) is 14.3. The van der Waals surface area contributed by atoms with Crippen molar-refractivity contribution in [3.05, 3.63) is 39.4 Å². The molecule has 0 saturated carbocycles. The number of nitro benzene ring substituents is 1. The van der Waals surface area contributed by atoms with Gasteiger partial charge in [-0.15, -0.1) is 0 Å². The molecule has 0 fully saturated rings. The molecule has 136 valence electrons. The van der Waals surface area contributed by atoms with E-state index in [1.807, 2.05) is 19.2 Å². The Bertz CT molecular complexity index is 672. The average molecular weight is 351 g/mol. The molecular weight excluding hydrogens is 330 g/mol. The molecule has 25 heavy (non-hydrogen) atoms. The molecule has 0 unspecified atom stereocenters. The third-order valence-corrected chi connectivity index (χ3v) is 3.23. The van der Waals surface area contributed by atoms with Crippen LogP contribution in [0.5, 0.6) is 0 Å². The first-order valence-corrected chi connectivity index (χ1v) is 7.71. The van der Waals surface area contributed by atoms with Crippen molar-refractivity contribution < 1.29 is 24.0 Å². The number of nitrogens with one attached hydrogen (secondary N) is 2. The van der Waals surface area contributed by atoms with Crippen molar-refractivity contribution in [2.24, 2.45) is 5.92 Å². The van der Waals surface area contributed by atoms with E-state index in [9.17, 15) is 24.5 Å². The zero-order chi connectivity index (χ0) is 19.0. The van der Waals surface area contributed by atoms with E-state index >= 15 is 0 Å². The fourth-order valence-electron chi connectivity index (χ4n) is 1.96. The first kappa shape index (κ1) is 20.1. The number of amides is 3. The second kappa shape index (κ2) is 9.36. The van der Waals surface area contributed by atoms with Crippen molar-refractivity contribution in [1.29, 1.82) is 0 Å². The summed E-state index contributed by atoms with van der Waals surface area (Å²) in [5.41, 5.74) is -0.327. The minimum atomic E-state index is -1.01. The highest BCUT2D eigenvalue weighted by molar-refractivity contribution is 5.98. The highest BCUT2D eigenvalue weighted by atomic mass is 16.6. The predicted molar refractivity (Wildman–Crippen MR) is 89.1 cm³/mol. The predicted octanol–water partition coefficient (Wildman–Crippen LogP) is 1.93. The maximum absolute atomic E-state index is 12.0. The second-order valence-electron chi connectivity index (χ2n) is 5.79. The number of esters is 1. The number of rotatable bonds is 7. The van der Waals surface area contributed by atoms with Crippen molar-refractivity contribution in [2.75, 3.05) is 13.2 Å². The molecule has 9 nitrogen and oxygen atoms in total. The lowest BCUT2D eigenvalue weighted by Gasteiger charge is -2.09. The molecule has 3 amide bonds. The number of nitrogens with zero attached hydrogens (tertiary/aromatic N) is 1. The van der Waals surface area contributed by atoms with Crippen molar-refractivity contribution >= 4 is 23.6 Å². The number of aryl methyl sites for hydroxylation is 1. The van der Waals surface area contributed by atoms with Gasteiger partial charge < -0.3 is 10.1 Å². The van der Waals surface area contributed by atoms with Crippen molar-refractivity contribution in [1.82, 2.24) is 10.6 Å². The van der Waals surface area contributed by atoms with E-state index in [1.165, 1.54) is 25.1 Å². The van der Waals surface area contributed by atoms with Crippen LogP contribution in [-0.4, -0.2) is 36.0 Å². The smallest absolute Gasteiger partial charge is 0.345 e. The van der Waals surface area contributed by atoms with E-state index in [1.54, 1.807) is 0 Å². The van der Waals surface area contributed by atoms with Crippen LogP contribution in [0.15, 0.2) is 18.2 Å². The Morgan fingerprint density at radius 2 is 1.96 bits per heavy atom. The van der Waals surface area contributed by atoms with Gasteiger partial charge in [0, 0.05) is 12.1 Å². The summed E-state index contributed by atoms with van der Waals surface area (Å²) in [6, 6.07) is 3.51. The van der Waals surface area contributed by atoms with Gasteiger partial charge in [-0.2, -0.15) is 0 Å². The van der Waals surface area contributed by atoms with Gasteiger partial charge in [-0.25, -0.2) is 9.59 Å². The van der Waals surface area contributed by atoms with Gasteiger partial charge in [0.05, 0.1) is 4.92 Å². The van der Waals surface area contributed by atoms with E-state index < -0.39 is 29.4 Å². The number of imide groups is 1. The Hall–Kier alpha value is -2.97. The molecule has 0 saturated heterocycles. The second-order valence-corrected chi connectivity index (χ2v) is 5.79. The monoisotopic (exact) mass is 351 g/mol. The number of carbonyl (C=O) groups is 3. The molecule has 0 spiro atoms. The summed E-state index contributed by atoms with van der Waals surface area (Å²) >= 11 is 0. The molecule has 9 heteroatoms. The summed E-state index contributed by atoms with van der Waals surface area (Å²) in [5.74, 6) is -1.43. The molecule has 0 atom stereocenters. The fraction of sp³-hybridized carbons (Fsp3) is 0.438. The molecule has 0 radical (unpaired) electrons. The quantitative estimate of drug-likeness (QED) is 0.439. The number of para-hydroxylation sites is 1. The summed E-state index contributed by atoms with van der Waals surface area (Å²) in [5, 5.41) is 15.5. The van der Waals surface area contributed by atoms with Gasteiger partial charge in [0.15, 0.2) is 6.61 Å². The number of urea groups is 1. The highest BCUT2D eigenvalue weighted by Gasteiger charge is 2.24. The van der Waals surface area contributed by atoms with Crippen LogP contribution >= 0.6 is 0 Å². The van der Waals surface area contributed by atoms with Gasteiger partial charge in [0.25, 0.3) is 11.6 Å². The number of benzene rings is 1. The van der Waals surface area contributed by atoms with Crippen molar-refractivity contribution in [3.8, 4) is 0 Å². The van der Waals surface area contributed by atoms with E-state index in [0.29, 0.717) is 18.0 Å². The third-order valence-electron chi connectivity index (χ3n) is 3.23. The molecule has 1 aromatic carbocycles. The first-order chi connectivity index (χ1) is 11.7. The van der Waals surface area contributed by atoms with Gasteiger partial charge in [0.1, 0.15) is 5.56 Å². The maximum Gasteiger partial charge on any atom is 0.345 e. The largest absolute Gasteiger partial charge is 0.452 e. The van der Waals surface area contributed by atoms with Gasteiger partial charge >= 0.3 is 12.0 Å². The molecule has 2 N–H and O–H groups in total. The molecule has 0 aliphatic heterocycles. The summed E-state index contributed by atoms with van der Waals surface area (Å²) < 4.78 is 4.74. The number of carbonyl (C=O) groups excluding carboxylic acids is 3. The Morgan fingerprint density at radius 3 is 2.56 bits per heavy atom. The number of hydrogen-bond donors (Lipinski definition) is 2. The van der Waals surface area contributed by atoms with Crippen molar-refractivity contribution in [2.45, 2.75) is 27.2 Å². The molecule has 1 aromatic rings. The zero-order valence-electron chi connectivity index (χ0n) is 14.3. The molecule has 0 aliphatic carbocycles. The van der Waals surface area contributed by atoms with Crippen LogP contribution in [-0.2, 0) is 9.53 Å². The Labute approximate surface area is 144 Å². The highest BCUT2D eigenvalue weighted by Crippen LogP contribution is 2.23. The van der Waals surface area contributed by atoms with Crippen molar-refractivity contribution in [3.63, 3.8) is 0 Å². The summed E-state index contributed by atoms with van der Waals surface area (Å²) in [4.78, 5) is 45.4. The number of hydrogen-bond acceptors (Lipinski definition) is 6. The SMILES string of the molecule is Cc1cccc(C(=O)OCC(=O)NC(=O)NCCC(C)C)c1[N+](=O)[O-]. The van der Waals surface area contributed by atoms with Crippen LogP contribution in [0, 0.1) is 23.0 Å². The summed E-state index contributed by atoms with van der Waals surface area (Å²) in [6.07, 6.45) is 0.758. The third kappa shape index (κ3) is 6.58. The Morgan fingerprint density at radius 1 is 1.28 bits per heavy atom. The molecule has 0 aromatic heterocycles. The van der Waals surface area contributed by atoms with E-state index in [0.717, 1.165) is 6.42 Å². The molecule has 0 aliphatic rings. The minimum absolute atomic E-state index is 0.251. The van der Waals surface area contributed by atoms with Gasteiger partial charge in [-0.3, -0.25) is 20.2 Å². The van der Waals surface area contributed by atoms with E-state index in [2.05, 4.69) is 5.32 Å². The molecule has 1 rings (SSSR count). The summed E-state index contributed by atoms with van der Waals surface area (Å²) in [6.45, 7) is 5.17. The van der Waals surface area contributed by atoms with Crippen LogP contribution in [0.1, 0.15) is 36.2 Å². The first-order valence-electron chi connectivity index (χ1n) is 7.71. The summed E-state index contributed by atoms with van der Waals surface area (Å²) in [7, 11) is 0. The lowest BCUT2D eigenvalue weighted by molar-refractivity contribution is -0.385. The van der Waals surface area contributed by atoms with Crippen LogP contribution in [0.25, 0.3) is 0 Å². The topological polar surface area (TPSA) is 128 Å². The van der Waals surface area contributed by atoms with E-state index in [-0.39, 0.29) is 11.3 Å². The maximum atomic E-state index is 12.0.